The van der Waals surface area contributed by atoms with Gasteiger partial charge in [0.25, 0.3) is 0 Å². The number of carboxylic acids is 2. The number of pyridine rings is 1. The van der Waals surface area contributed by atoms with Gasteiger partial charge in [-0.25, -0.2) is 9.59 Å². The molecule has 1 aliphatic heterocycles. The van der Waals surface area contributed by atoms with Crippen molar-refractivity contribution in [2.75, 3.05) is 19.0 Å². The van der Waals surface area contributed by atoms with Gasteiger partial charge in [-0.15, -0.1) is 0 Å². The van der Waals surface area contributed by atoms with Crippen molar-refractivity contribution < 1.29 is 33.8 Å². The largest absolute Gasteiger partial charge is 0.495 e. The van der Waals surface area contributed by atoms with E-state index in [1.807, 2.05) is 23.1 Å². The molecule has 0 aliphatic carbocycles. The van der Waals surface area contributed by atoms with Gasteiger partial charge in [-0.3, -0.25) is 9.78 Å². The van der Waals surface area contributed by atoms with E-state index >= 15 is 0 Å². The topological polar surface area (TPSA) is 154 Å². The molecule has 11 nitrogen and oxygen atoms in total. The Kier molecular flexibility index (Phi) is 8.16. The number of benzene rings is 2. The van der Waals surface area contributed by atoms with E-state index in [4.69, 9.17) is 21.4 Å². The quantitative estimate of drug-likeness (QED) is 0.190. The van der Waals surface area contributed by atoms with Crippen LogP contribution in [0.15, 0.2) is 83.4 Å². The lowest BCUT2D eigenvalue weighted by Crippen LogP contribution is -2.32. The number of anilines is 1. The van der Waals surface area contributed by atoms with Crippen molar-refractivity contribution in [3.05, 3.63) is 102 Å². The van der Waals surface area contributed by atoms with Crippen LogP contribution in [0.5, 0.6) is 5.75 Å². The second-order valence-corrected chi connectivity index (χ2v) is 9.82. The SMILES string of the molecule is COc1ccccc1NC(=O)CCN1C(=S)N[C@H](c2ccccn2)[C@H]1c1ccc(-c2cc(C(=O)O)cc(C(=O)O)c2)o1. The first-order chi connectivity index (χ1) is 20.2. The Morgan fingerprint density at radius 2 is 1.74 bits per heavy atom. The third-order valence-electron chi connectivity index (χ3n) is 6.79. The van der Waals surface area contributed by atoms with Crippen LogP contribution < -0.4 is 15.4 Å². The fourth-order valence-corrected chi connectivity index (χ4v) is 5.15. The van der Waals surface area contributed by atoms with Crippen LogP contribution in [0.4, 0.5) is 5.69 Å². The lowest BCUT2D eigenvalue weighted by atomic mass is 10.0. The molecule has 1 aliphatic rings. The molecule has 1 saturated heterocycles. The summed E-state index contributed by atoms with van der Waals surface area (Å²) in [5.41, 5.74) is 1.19. The number of nitrogens with zero attached hydrogens (tertiary/aromatic N) is 2. The number of methoxy groups -OCH3 is 1. The molecule has 4 aromatic rings. The predicted octanol–water partition coefficient (Wildman–Crippen LogP) is 4.75. The van der Waals surface area contributed by atoms with E-state index in [-0.39, 0.29) is 35.8 Å². The molecule has 5 rings (SSSR count). The first-order valence-electron chi connectivity index (χ1n) is 12.9. The lowest BCUT2D eigenvalue weighted by molar-refractivity contribution is -0.116. The number of carboxylic acid groups (broad SMARTS) is 2. The molecule has 0 unspecified atom stereocenters. The zero-order valence-electron chi connectivity index (χ0n) is 22.3. The Morgan fingerprint density at radius 3 is 2.40 bits per heavy atom. The van der Waals surface area contributed by atoms with Crippen molar-refractivity contribution >= 4 is 40.9 Å². The molecule has 12 heteroatoms. The minimum absolute atomic E-state index is 0.0987. The highest BCUT2D eigenvalue weighted by atomic mass is 32.1. The predicted molar refractivity (Wildman–Crippen MR) is 156 cm³/mol. The van der Waals surface area contributed by atoms with E-state index in [0.717, 1.165) is 6.07 Å². The number of aromatic carboxylic acids is 2. The monoisotopic (exact) mass is 586 g/mol. The number of aromatic nitrogens is 1. The molecule has 2 atom stereocenters. The molecule has 2 aromatic carbocycles. The third kappa shape index (κ3) is 5.93. The van der Waals surface area contributed by atoms with Crippen LogP contribution >= 0.6 is 12.2 Å². The Labute approximate surface area is 245 Å². The highest BCUT2D eigenvalue weighted by Crippen LogP contribution is 2.40. The average Bonchev–Trinajstić information content (AvgIpc) is 3.61. The Balaban J connectivity index is 1.44. The van der Waals surface area contributed by atoms with Gasteiger partial charge in [-0.05, 0) is 66.8 Å². The molecule has 0 bridgehead atoms. The fraction of sp³-hybridized carbons (Fsp3) is 0.167. The molecule has 0 saturated carbocycles. The zero-order valence-corrected chi connectivity index (χ0v) is 23.1. The van der Waals surface area contributed by atoms with Crippen molar-refractivity contribution in [3.8, 4) is 17.1 Å². The number of carbonyl (C=O) groups is 3. The summed E-state index contributed by atoms with van der Waals surface area (Å²) >= 11 is 5.67. The first kappa shape index (κ1) is 28.3. The van der Waals surface area contributed by atoms with Gasteiger partial charge in [0.2, 0.25) is 5.91 Å². The number of furan rings is 1. The summed E-state index contributed by atoms with van der Waals surface area (Å²) in [6, 6.07) is 18.8. The standard InChI is InChI=1S/C30H26N4O7S/c1-40-23-8-3-2-6-20(23)32-25(35)11-13-34-27(26(33-30(34)42)21-7-4-5-12-31-21)24-10-9-22(41-24)17-14-18(28(36)37)16-19(15-17)29(38)39/h2-10,12,14-16,26-27H,11,13H2,1H3,(H,32,35)(H,33,42)(H,36,37)(H,38,39)/t26-,27-/m1/s1. The number of rotatable bonds is 10. The van der Waals surface area contributed by atoms with Crippen LogP contribution in [-0.4, -0.2) is 56.7 Å². The summed E-state index contributed by atoms with van der Waals surface area (Å²) in [5.74, 6) is -1.47. The molecule has 3 heterocycles. The maximum atomic E-state index is 12.9. The van der Waals surface area contributed by atoms with Crippen LogP contribution in [-0.2, 0) is 4.79 Å². The van der Waals surface area contributed by atoms with E-state index in [2.05, 4.69) is 15.6 Å². The van der Waals surface area contributed by atoms with Crippen molar-refractivity contribution in [2.45, 2.75) is 18.5 Å². The number of amides is 1. The maximum Gasteiger partial charge on any atom is 0.335 e. The van der Waals surface area contributed by atoms with Gasteiger partial charge in [0, 0.05) is 24.7 Å². The van der Waals surface area contributed by atoms with Crippen molar-refractivity contribution in [2.24, 2.45) is 0 Å². The van der Waals surface area contributed by atoms with Gasteiger partial charge in [0.05, 0.1) is 35.7 Å². The second kappa shape index (κ2) is 12.1. The first-order valence-corrected chi connectivity index (χ1v) is 13.3. The van der Waals surface area contributed by atoms with Gasteiger partial charge in [0.15, 0.2) is 5.11 Å². The van der Waals surface area contributed by atoms with Crippen LogP contribution in [0.1, 0.15) is 50.7 Å². The van der Waals surface area contributed by atoms with Gasteiger partial charge >= 0.3 is 11.9 Å². The zero-order chi connectivity index (χ0) is 29.8. The summed E-state index contributed by atoms with van der Waals surface area (Å²) in [5, 5.41) is 25.5. The molecule has 0 radical (unpaired) electrons. The fourth-order valence-electron chi connectivity index (χ4n) is 4.82. The number of ether oxygens (including phenoxy) is 1. The summed E-state index contributed by atoms with van der Waals surface area (Å²) in [6.07, 6.45) is 1.76. The number of para-hydroxylation sites is 2. The number of hydrogen-bond donors (Lipinski definition) is 4. The summed E-state index contributed by atoms with van der Waals surface area (Å²) in [6.45, 7) is 0.245. The molecule has 0 spiro atoms. The van der Waals surface area contributed by atoms with E-state index in [1.54, 1.807) is 42.6 Å². The maximum absolute atomic E-state index is 12.9. The smallest absolute Gasteiger partial charge is 0.335 e. The molecular weight excluding hydrogens is 560 g/mol. The Hall–Kier alpha value is -5.23. The van der Waals surface area contributed by atoms with E-state index < -0.39 is 24.0 Å². The number of carbonyl (C=O) groups excluding carboxylic acids is 1. The number of thiocarbonyl (C=S) groups is 1. The van der Waals surface area contributed by atoms with Gasteiger partial charge < -0.3 is 34.9 Å². The highest BCUT2D eigenvalue weighted by Gasteiger charge is 2.41. The lowest BCUT2D eigenvalue weighted by Gasteiger charge is -2.26. The molecular formula is C30H26N4O7S. The van der Waals surface area contributed by atoms with Crippen LogP contribution in [0.3, 0.4) is 0 Å². The van der Waals surface area contributed by atoms with Crippen LogP contribution in [0.25, 0.3) is 11.3 Å². The second-order valence-electron chi connectivity index (χ2n) is 9.43. The summed E-state index contributed by atoms with van der Waals surface area (Å²) in [4.78, 5) is 42.5. The van der Waals surface area contributed by atoms with E-state index in [0.29, 0.717) is 33.6 Å². The van der Waals surface area contributed by atoms with Crippen molar-refractivity contribution in [1.29, 1.82) is 0 Å². The molecule has 4 N–H and O–H groups in total. The summed E-state index contributed by atoms with van der Waals surface area (Å²) in [7, 11) is 1.53. The average molecular weight is 587 g/mol. The van der Waals surface area contributed by atoms with Crippen molar-refractivity contribution in [3.63, 3.8) is 0 Å². The molecule has 42 heavy (non-hydrogen) atoms. The number of hydrogen-bond acceptors (Lipinski definition) is 7. The Morgan fingerprint density at radius 1 is 1.02 bits per heavy atom. The van der Waals surface area contributed by atoms with Gasteiger partial charge in [-0.2, -0.15) is 0 Å². The third-order valence-corrected chi connectivity index (χ3v) is 7.14. The molecule has 214 valence electrons. The van der Waals surface area contributed by atoms with Crippen LogP contribution in [0.2, 0.25) is 0 Å². The van der Waals surface area contributed by atoms with Crippen LogP contribution in [0, 0.1) is 0 Å². The molecule has 2 aromatic heterocycles. The van der Waals surface area contributed by atoms with E-state index in [1.165, 1.54) is 19.2 Å². The highest BCUT2D eigenvalue weighted by molar-refractivity contribution is 7.80. The van der Waals surface area contributed by atoms with Gasteiger partial charge in [-0.1, -0.05) is 18.2 Å². The number of nitrogens with one attached hydrogen (secondary N) is 2. The minimum Gasteiger partial charge on any atom is -0.495 e. The normalized spacial score (nSPS) is 16.1. The molecule has 1 fully saturated rings. The summed E-state index contributed by atoms with van der Waals surface area (Å²) < 4.78 is 11.5. The molecule has 1 amide bonds. The van der Waals surface area contributed by atoms with Crippen molar-refractivity contribution in [1.82, 2.24) is 15.2 Å². The van der Waals surface area contributed by atoms with Gasteiger partial charge in [0.1, 0.15) is 23.3 Å². The minimum atomic E-state index is -1.26. The van der Waals surface area contributed by atoms with E-state index in [9.17, 15) is 24.6 Å². The Bertz CT molecular complexity index is 1620.